The van der Waals surface area contributed by atoms with E-state index in [-0.39, 0.29) is 17.8 Å². The molecule has 0 atom stereocenters. The van der Waals surface area contributed by atoms with Crippen LogP contribution >= 0.6 is 0 Å². The van der Waals surface area contributed by atoms with E-state index in [0.717, 1.165) is 18.8 Å². The Morgan fingerprint density at radius 2 is 1.65 bits per heavy atom. The summed E-state index contributed by atoms with van der Waals surface area (Å²) in [4.78, 5) is 47.8. The van der Waals surface area contributed by atoms with Gasteiger partial charge in [0.05, 0.1) is 11.2 Å². The number of nitrogens with zero attached hydrogens (tertiary/aromatic N) is 5. The minimum atomic E-state index is -0.944. The number of carbonyl (C=O) groups excluding carboxylic acids is 2. The van der Waals surface area contributed by atoms with Crippen LogP contribution in [0.1, 0.15) is 52.0 Å². The first kappa shape index (κ1) is 29.7. The van der Waals surface area contributed by atoms with Crippen molar-refractivity contribution in [1.29, 1.82) is 0 Å². The highest BCUT2D eigenvalue weighted by atomic mass is 16.2. The van der Waals surface area contributed by atoms with Gasteiger partial charge in [0.2, 0.25) is 5.91 Å². The largest absolute Gasteiger partial charge is 0.354 e. The van der Waals surface area contributed by atoms with E-state index in [1.165, 1.54) is 35.8 Å². The molecule has 1 aliphatic carbocycles. The summed E-state index contributed by atoms with van der Waals surface area (Å²) in [5.41, 5.74) is 6.43. The predicted octanol–water partition coefficient (Wildman–Crippen LogP) is 2.00. The molecule has 2 aromatic rings. The molecule has 0 radical (unpaired) electrons. The number of anilines is 1. The molecule has 11 nitrogen and oxygen atoms in total. The Kier molecular flexibility index (Phi) is 9.60. The number of hydrogen-bond acceptors (Lipinski definition) is 7. The van der Waals surface area contributed by atoms with Crippen LogP contribution < -0.4 is 22.1 Å². The van der Waals surface area contributed by atoms with E-state index in [9.17, 15) is 14.4 Å². The van der Waals surface area contributed by atoms with Crippen molar-refractivity contribution in [2.24, 2.45) is 5.73 Å². The maximum Gasteiger partial charge on any atom is 0.354 e. The fourth-order valence-corrected chi connectivity index (χ4v) is 5.60. The number of nitrogens with two attached hydrogens (primary N) is 1. The summed E-state index contributed by atoms with van der Waals surface area (Å²) < 4.78 is 1.47. The number of benzene rings is 1. The van der Waals surface area contributed by atoms with Gasteiger partial charge in [-0.25, -0.2) is 9.59 Å². The molecule has 1 aliphatic heterocycles. The average Bonchev–Trinajstić information content (AvgIpc) is 2.95. The monoisotopic (exact) mass is 552 g/mol. The van der Waals surface area contributed by atoms with Crippen molar-refractivity contribution < 1.29 is 9.59 Å². The van der Waals surface area contributed by atoms with Gasteiger partial charge in [-0.1, -0.05) is 19.1 Å². The van der Waals surface area contributed by atoms with E-state index < -0.39 is 11.2 Å². The normalized spacial score (nSPS) is 20.1. The van der Waals surface area contributed by atoms with Crippen LogP contribution in [0.15, 0.2) is 41.3 Å². The van der Waals surface area contributed by atoms with Crippen LogP contribution in [0.2, 0.25) is 0 Å². The first-order valence-corrected chi connectivity index (χ1v) is 14.3. The Morgan fingerprint density at radius 1 is 1.02 bits per heavy atom. The third-order valence-electron chi connectivity index (χ3n) is 8.07. The molecule has 1 aromatic carbocycles. The van der Waals surface area contributed by atoms with Gasteiger partial charge in [-0.2, -0.15) is 4.98 Å². The summed E-state index contributed by atoms with van der Waals surface area (Å²) in [7, 11) is 2.05. The Hall–Kier alpha value is -3.28. The van der Waals surface area contributed by atoms with Gasteiger partial charge < -0.3 is 20.9 Å². The van der Waals surface area contributed by atoms with Gasteiger partial charge in [0.1, 0.15) is 5.82 Å². The van der Waals surface area contributed by atoms with E-state index in [4.69, 9.17) is 5.73 Å². The van der Waals surface area contributed by atoms with Crippen molar-refractivity contribution in [3.05, 3.63) is 52.6 Å². The van der Waals surface area contributed by atoms with Crippen LogP contribution in [0.5, 0.6) is 0 Å². The van der Waals surface area contributed by atoms with Gasteiger partial charge in [0.25, 0.3) is 0 Å². The van der Waals surface area contributed by atoms with Crippen LogP contribution in [-0.4, -0.2) is 93.6 Å². The maximum atomic E-state index is 12.8. The molecule has 4 N–H and O–H groups in total. The standard InChI is InChI=1S/C29H44N8O3/c1-5-34(23-12-8-22(31-4)9-13-23)20-21-6-10-24(11-7-21)37-15-14-25(33-28(37)40)32-27(39)36-18-16-35(17-19-36)26(38)29(2,3)30/h6-7,10-11,14-15,22-23,31H,5,8-9,12-13,16-20,30H2,1-4H3,(H,32,33,39,40)/t22-,23-. The molecule has 218 valence electrons. The Balaban J connectivity index is 1.32. The molecule has 2 fully saturated rings. The van der Waals surface area contributed by atoms with Crippen molar-refractivity contribution in [1.82, 2.24) is 29.6 Å². The van der Waals surface area contributed by atoms with Gasteiger partial charge in [-0.05, 0) is 76.9 Å². The van der Waals surface area contributed by atoms with Crippen molar-refractivity contribution >= 4 is 17.8 Å². The molecule has 2 aliphatic rings. The molecule has 1 saturated heterocycles. The van der Waals surface area contributed by atoms with E-state index in [0.29, 0.717) is 38.3 Å². The molecular formula is C29H44N8O3. The molecular weight excluding hydrogens is 508 g/mol. The fraction of sp³-hybridized carbons (Fsp3) is 0.586. The second kappa shape index (κ2) is 12.9. The van der Waals surface area contributed by atoms with E-state index >= 15 is 0 Å². The second-order valence-electron chi connectivity index (χ2n) is 11.4. The van der Waals surface area contributed by atoms with Crippen LogP contribution in [0.25, 0.3) is 5.69 Å². The van der Waals surface area contributed by atoms with Crippen LogP contribution in [0.3, 0.4) is 0 Å². The van der Waals surface area contributed by atoms with Crippen molar-refractivity contribution in [2.75, 3.05) is 45.1 Å². The third-order valence-corrected chi connectivity index (χ3v) is 8.07. The SMILES string of the molecule is CCN(Cc1ccc(-n2ccc(NC(=O)N3CCN(C(=O)C(C)(C)N)CC3)nc2=O)cc1)[C@H]1CC[C@H](NC)CC1. The van der Waals surface area contributed by atoms with E-state index in [2.05, 4.69) is 39.6 Å². The molecule has 11 heteroatoms. The van der Waals surface area contributed by atoms with Gasteiger partial charge in [-0.3, -0.25) is 19.6 Å². The minimum absolute atomic E-state index is 0.138. The summed E-state index contributed by atoms with van der Waals surface area (Å²) in [6.07, 6.45) is 6.48. The lowest BCUT2D eigenvalue weighted by Gasteiger charge is -2.37. The lowest BCUT2D eigenvalue weighted by atomic mass is 9.90. The fourth-order valence-electron chi connectivity index (χ4n) is 5.60. The molecule has 40 heavy (non-hydrogen) atoms. The number of urea groups is 1. The highest BCUT2D eigenvalue weighted by Gasteiger charge is 2.31. The lowest BCUT2D eigenvalue weighted by molar-refractivity contribution is -0.137. The molecule has 2 heterocycles. The molecule has 1 aromatic heterocycles. The topological polar surface area (TPSA) is 129 Å². The van der Waals surface area contributed by atoms with Gasteiger partial charge in [-0.15, -0.1) is 0 Å². The van der Waals surface area contributed by atoms with Crippen LogP contribution in [0, 0.1) is 0 Å². The number of amides is 3. The Labute approximate surface area is 236 Å². The summed E-state index contributed by atoms with van der Waals surface area (Å²) >= 11 is 0. The highest BCUT2D eigenvalue weighted by Crippen LogP contribution is 2.24. The van der Waals surface area contributed by atoms with E-state index in [1.807, 2.05) is 19.2 Å². The van der Waals surface area contributed by atoms with Crippen LogP contribution in [-0.2, 0) is 11.3 Å². The number of aromatic nitrogens is 2. The first-order chi connectivity index (χ1) is 19.1. The van der Waals surface area contributed by atoms with Crippen molar-refractivity contribution in [3.8, 4) is 5.69 Å². The summed E-state index contributed by atoms with van der Waals surface area (Å²) in [6.45, 7) is 9.03. The highest BCUT2D eigenvalue weighted by molar-refractivity contribution is 5.89. The van der Waals surface area contributed by atoms with Crippen molar-refractivity contribution in [3.63, 3.8) is 0 Å². The van der Waals surface area contributed by atoms with E-state index in [1.54, 1.807) is 35.9 Å². The smallest absolute Gasteiger partial charge is 0.338 e. The Morgan fingerprint density at radius 3 is 2.20 bits per heavy atom. The Bertz CT molecular complexity index is 1210. The second-order valence-corrected chi connectivity index (χ2v) is 11.4. The average molecular weight is 553 g/mol. The number of piperazine rings is 1. The summed E-state index contributed by atoms with van der Waals surface area (Å²) in [6, 6.07) is 10.5. The summed E-state index contributed by atoms with van der Waals surface area (Å²) in [5.74, 6) is 0.0525. The molecule has 1 saturated carbocycles. The number of carbonyl (C=O) groups is 2. The van der Waals surface area contributed by atoms with Gasteiger partial charge in [0, 0.05) is 51.0 Å². The lowest BCUT2D eigenvalue weighted by Crippen LogP contribution is -2.58. The zero-order valence-electron chi connectivity index (χ0n) is 24.2. The zero-order valence-corrected chi connectivity index (χ0v) is 24.2. The summed E-state index contributed by atoms with van der Waals surface area (Å²) in [5, 5.41) is 6.11. The van der Waals surface area contributed by atoms with Crippen LogP contribution in [0.4, 0.5) is 10.6 Å². The van der Waals surface area contributed by atoms with Gasteiger partial charge >= 0.3 is 11.7 Å². The predicted molar refractivity (Wildman–Crippen MR) is 156 cm³/mol. The van der Waals surface area contributed by atoms with Crippen molar-refractivity contribution in [2.45, 2.75) is 70.6 Å². The first-order valence-electron chi connectivity index (χ1n) is 14.3. The number of hydrogen-bond donors (Lipinski definition) is 3. The zero-order chi connectivity index (χ0) is 28.9. The molecule has 0 spiro atoms. The molecule has 4 rings (SSSR count). The minimum Gasteiger partial charge on any atom is -0.338 e. The quantitative estimate of drug-likeness (QED) is 0.457. The number of rotatable bonds is 8. The maximum absolute atomic E-state index is 12.8. The molecule has 0 unspecified atom stereocenters. The third kappa shape index (κ3) is 7.26. The van der Waals surface area contributed by atoms with Gasteiger partial charge in [0.15, 0.2) is 0 Å². The molecule has 3 amide bonds. The number of nitrogens with one attached hydrogen (secondary N) is 2. The molecule has 0 bridgehead atoms.